The Labute approximate surface area is 194 Å². The van der Waals surface area contributed by atoms with Crippen molar-refractivity contribution in [2.75, 3.05) is 23.3 Å². The summed E-state index contributed by atoms with van der Waals surface area (Å²) >= 11 is 0. The summed E-state index contributed by atoms with van der Waals surface area (Å²) in [6, 6.07) is 18.3. The van der Waals surface area contributed by atoms with Gasteiger partial charge in [0, 0.05) is 37.3 Å². The number of likely N-dealkylation sites (tertiary alicyclic amines) is 1. The van der Waals surface area contributed by atoms with Crippen LogP contribution in [0.4, 0.5) is 11.4 Å². The normalized spacial score (nSPS) is 15.5. The Morgan fingerprint density at radius 1 is 1.09 bits per heavy atom. The third-order valence-corrected chi connectivity index (χ3v) is 5.74. The molecule has 1 fully saturated rings. The van der Waals surface area contributed by atoms with E-state index in [0.717, 1.165) is 24.9 Å². The molecular formula is C25H29N5O3. The van der Waals surface area contributed by atoms with Gasteiger partial charge in [0.1, 0.15) is 0 Å². The number of para-hydroxylation sites is 2. The molecule has 1 aliphatic heterocycles. The molecule has 3 N–H and O–H groups in total. The minimum absolute atomic E-state index is 0.0245. The van der Waals surface area contributed by atoms with E-state index in [9.17, 15) is 14.4 Å². The van der Waals surface area contributed by atoms with Crippen LogP contribution in [0.1, 0.15) is 37.7 Å². The van der Waals surface area contributed by atoms with E-state index in [-0.39, 0.29) is 49.6 Å². The van der Waals surface area contributed by atoms with E-state index in [1.807, 2.05) is 59.5 Å². The van der Waals surface area contributed by atoms with Crippen LogP contribution in [0, 0.1) is 11.3 Å². The molecule has 2 aromatic rings. The van der Waals surface area contributed by atoms with E-state index in [1.54, 1.807) is 4.90 Å². The van der Waals surface area contributed by atoms with Gasteiger partial charge in [0.15, 0.2) is 0 Å². The number of hydrogen-bond donors (Lipinski definition) is 2. The average molecular weight is 448 g/mol. The molecule has 0 saturated carbocycles. The van der Waals surface area contributed by atoms with Crippen molar-refractivity contribution in [1.82, 2.24) is 4.90 Å². The van der Waals surface area contributed by atoms with Gasteiger partial charge in [-0.15, -0.1) is 0 Å². The summed E-state index contributed by atoms with van der Waals surface area (Å²) in [6.07, 6.45) is 1.92. The lowest BCUT2D eigenvalue weighted by atomic mass is 10.1. The molecule has 1 saturated heterocycles. The first-order chi connectivity index (χ1) is 16.0. The Bertz CT molecular complexity index is 1020. The van der Waals surface area contributed by atoms with Gasteiger partial charge in [-0.3, -0.25) is 19.3 Å². The molecular weight excluding hydrogens is 418 g/mol. The van der Waals surface area contributed by atoms with Crippen molar-refractivity contribution in [3.05, 3.63) is 60.2 Å². The Morgan fingerprint density at radius 3 is 2.55 bits per heavy atom. The minimum atomic E-state index is -0.327. The van der Waals surface area contributed by atoms with Crippen molar-refractivity contribution < 1.29 is 14.4 Å². The predicted octanol–water partition coefficient (Wildman–Crippen LogP) is 2.80. The molecule has 0 spiro atoms. The van der Waals surface area contributed by atoms with Crippen molar-refractivity contribution in [3.8, 4) is 6.07 Å². The number of nitrogens with one attached hydrogen (secondary N) is 1. The number of benzene rings is 2. The molecule has 0 aliphatic carbocycles. The Morgan fingerprint density at radius 2 is 1.82 bits per heavy atom. The minimum Gasteiger partial charge on any atom is -0.368 e. The molecule has 0 bridgehead atoms. The van der Waals surface area contributed by atoms with Crippen LogP contribution in [0.2, 0.25) is 0 Å². The fraction of sp³-hybridized carbons (Fsp3) is 0.360. The molecule has 1 aliphatic rings. The van der Waals surface area contributed by atoms with Crippen LogP contribution in [0.3, 0.4) is 0 Å². The van der Waals surface area contributed by atoms with E-state index in [4.69, 9.17) is 11.0 Å². The number of hydrogen-bond acceptors (Lipinski definition) is 5. The molecule has 1 unspecified atom stereocenters. The Balaban J connectivity index is 1.60. The second-order valence-electron chi connectivity index (χ2n) is 8.03. The van der Waals surface area contributed by atoms with Crippen LogP contribution in [0.25, 0.3) is 0 Å². The fourth-order valence-corrected chi connectivity index (χ4v) is 4.07. The van der Waals surface area contributed by atoms with Crippen molar-refractivity contribution in [1.29, 1.82) is 5.26 Å². The number of carbonyl (C=O) groups excluding carboxylic acids is 3. The van der Waals surface area contributed by atoms with Gasteiger partial charge < -0.3 is 16.0 Å². The zero-order valence-corrected chi connectivity index (χ0v) is 18.6. The lowest BCUT2D eigenvalue weighted by molar-refractivity contribution is -0.122. The molecule has 8 heteroatoms. The summed E-state index contributed by atoms with van der Waals surface area (Å²) in [5.74, 6) is -0.801. The maximum absolute atomic E-state index is 12.8. The number of nitrogens with zero attached hydrogens (tertiary/aromatic N) is 3. The van der Waals surface area contributed by atoms with E-state index < -0.39 is 0 Å². The van der Waals surface area contributed by atoms with Crippen molar-refractivity contribution in [3.63, 3.8) is 0 Å². The van der Waals surface area contributed by atoms with E-state index >= 15 is 0 Å². The largest absolute Gasteiger partial charge is 0.368 e. The van der Waals surface area contributed by atoms with E-state index in [1.165, 1.54) is 0 Å². The maximum atomic E-state index is 12.8. The van der Waals surface area contributed by atoms with Crippen molar-refractivity contribution >= 4 is 29.1 Å². The number of nitriles is 1. The number of carbonyl (C=O) groups is 3. The highest BCUT2D eigenvalue weighted by atomic mass is 16.2. The van der Waals surface area contributed by atoms with Crippen LogP contribution >= 0.6 is 0 Å². The predicted molar refractivity (Wildman–Crippen MR) is 126 cm³/mol. The monoisotopic (exact) mass is 447 g/mol. The van der Waals surface area contributed by atoms with Gasteiger partial charge in [-0.25, -0.2) is 0 Å². The molecule has 33 heavy (non-hydrogen) atoms. The average Bonchev–Trinajstić information content (AvgIpc) is 3.28. The first-order valence-electron chi connectivity index (χ1n) is 11.1. The SMILES string of the molecule is N#CCCN(C(=O)CCC(=O)Nc1ccccc1CN1CCCC1C(N)=O)c1ccccc1. The van der Waals surface area contributed by atoms with Gasteiger partial charge in [0.25, 0.3) is 0 Å². The number of primary amides is 1. The van der Waals surface area contributed by atoms with Gasteiger partial charge in [0.2, 0.25) is 17.7 Å². The van der Waals surface area contributed by atoms with Crippen LogP contribution in [-0.4, -0.2) is 41.8 Å². The Hall–Kier alpha value is -3.70. The van der Waals surface area contributed by atoms with Gasteiger partial charge in [0.05, 0.1) is 18.5 Å². The standard InChI is InChI=1S/C25H29N5O3/c26-15-7-17-30(20-9-2-1-3-10-20)24(32)14-13-23(31)28-21-11-5-4-8-19(21)18-29-16-6-12-22(29)25(27)33/h1-5,8-11,22H,6-7,12-14,16-18H2,(H2,27,33)(H,28,31). The molecule has 1 heterocycles. The summed E-state index contributed by atoms with van der Waals surface area (Å²) in [6.45, 7) is 1.57. The highest BCUT2D eigenvalue weighted by molar-refractivity contribution is 5.98. The topological polar surface area (TPSA) is 120 Å². The number of amides is 3. The van der Waals surface area contributed by atoms with Gasteiger partial charge in [-0.1, -0.05) is 36.4 Å². The highest BCUT2D eigenvalue weighted by Gasteiger charge is 2.29. The number of nitrogens with two attached hydrogens (primary N) is 1. The maximum Gasteiger partial charge on any atom is 0.234 e. The van der Waals surface area contributed by atoms with Crippen LogP contribution in [0.15, 0.2) is 54.6 Å². The number of rotatable bonds is 10. The van der Waals surface area contributed by atoms with Crippen molar-refractivity contribution in [2.24, 2.45) is 5.73 Å². The fourth-order valence-electron chi connectivity index (χ4n) is 4.07. The molecule has 2 aromatic carbocycles. The molecule has 3 rings (SSSR count). The summed E-state index contributed by atoms with van der Waals surface area (Å²) < 4.78 is 0. The molecule has 0 aromatic heterocycles. The lowest BCUT2D eigenvalue weighted by Crippen LogP contribution is -2.39. The third-order valence-electron chi connectivity index (χ3n) is 5.74. The summed E-state index contributed by atoms with van der Waals surface area (Å²) in [5.41, 5.74) is 7.78. The second kappa shape index (κ2) is 11.8. The third kappa shape index (κ3) is 6.64. The summed E-state index contributed by atoms with van der Waals surface area (Å²) in [5, 5.41) is 11.8. The lowest BCUT2D eigenvalue weighted by Gasteiger charge is -2.23. The zero-order valence-electron chi connectivity index (χ0n) is 18.6. The van der Waals surface area contributed by atoms with Crippen LogP contribution in [-0.2, 0) is 20.9 Å². The number of anilines is 2. The second-order valence-corrected chi connectivity index (χ2v) is 8.03. The van der Waals surface area contributed by atoms with Crippen molar-refractivity contribution in [2.45, 2.75) is 44.7 Å². The first kappa shape index (κ1) is 24.0. The molecule has 1 atom stereocenters. The zero-order chi connectivity index (χ0) is 23.6. The molecule has 3 amide bonds. The molecule has 172 valence electrons. The van der Waals surface area contributed by atoms with Gasteiger partial charge in [-0.2, -0.15) is 5.26 Å². The van der Waals surface area contributed by atoms with Gasteiger partial charge >= 0.3 is 0 Å². The first-order valence-corrected chi connectivity index (χ1v) is 11.1. The summed E-state index contributed by atoms with van der Waals surface area (Å²) in [4.78, 5) is 40.7. The van der Waals surface area contributed by atoms with E-state index in [2.05, 4.69) is 11.4 Å². The van der Waals surface area contributed by atoms with E-state index in [0.29, 0.717) is 17.9 Å². The highest BCUT2D eigenvalue weighted by Crippen LogP contribution is 2.24. The Kier molecular flexibility index (Phi) is 8.56. The van der Waals surface area contributed by atoms with Crippen LogP contribution < -0.4 is 16.0 Å². The van der Waals surface area contributed by atoms with Crippen LogP contribution in [0.5, 0.6) is 0 Å². The van der Waals surface area contributed by atoms with Gasteiger partial charge in [-0.05, 0) is 43.1 Å². The quantitative estimate of drug-likeness (QED) is 0.580. The smallest absolute Gasteiger partial charge is 0.234 e. The summed E-state index contributed by atoms with van der Waals surface area (Å²) in [7, 11) is 0. The molecule has 8 nitrogen and oxygen atoms in total. The molecule has 0 radical (unpaired) electrons.